The van der Waals surface area contributed by atoms with Gasteiger partial charge in [-0.05, 0) is 25.7 Å². The first kappa shape index (κ1) is 10.1. The average Bonchev–Trinajstić information content (AvgIpc) is 2.65. The molecule has 0 saturated carbocycles. The van der Waals surface area contributed by atoms with Crippen LogP contribution in [0, 0.1) is 12.8 Å². The standard InChI is InChI=1S/C10H16N2OS/c1-7-12-10(6-14-7)9-3-2-8(5-13)4-11-9/h6,8-9,11,13H,2-5H2,1H3. The molecule has 4 heteroatoms. The van der Waals surface area contributed by atoms with E-state index in [4.69, 9.17) is 5.11 Å². The quantitative estimate of drug-likeness (QED) is 0.780. The monoisotopic (exact) mass is 212 g/mol. The van der Waals surface area contributed by atoms with Crippen LogP contribution in [0.5, 0.6) is 0 Å². The van der Waals surface area contributed by atoms with Gasteiger partial charge in [-0.25, -0.2) is 4.98 Å². The first-order valence-electron chi connectivity index (χ1n) is 5.06. The van der Waals surface area contributed by atoms with Crippen LogP contribution in [0.15, 0.2) is 5.38 Å². The summed E-state index contributed by atoms with van der Waals surface area (Å²) in [5.41, 5.74) is 1.17. The number of nitrogens with one attached hydrogen (secondary N) is 1. The first-order chi connectivity index (χ1) is 6.79. The molecule has 1 aromatic rings. The zero-order chi connectivity index (χ0) is 9.97. The number of aromatic nitrogens is 1. The summed E-state index contributed by atoms with van der Waals surface area (Å²) >= 11 is 1.70. The van der Waals surface area contributed by atoms with Gasteiger partial charge >= 0.3 is 0 Å². The fourth-order valence-corrected chi connectivity index (χ4v) is 2.53. The summed E-state index contributed by atoms with van der Waals surface area (Å²) < 4.78 is 0. The van der Waals surface area contributed by atoms with Crippen molar-refractivity contribution in [2.45, 2.75) is 25.8 Å². The summed E-state index contributed by atoms with van der Waals surface area (Å²) in [5.74, 6) is 0.436. The third-order valence-corrected chi connectivity index (χ3v) is 3.56. The third-order valence-electron chi connectivity index (χ3n) is 2.77. The number of aliphatic hydroxyl groups is 1. The highest BCUT2D eigenvalue weighted by Gasteiger charge is 2.22. The van der Waals surface area contributed by atoms with Crippen molar-refractivity contribution in [2.75, 3.05) is 13.2 Å². The summed E-state index contributed by atoms with van der Waals surface area (Å²) in [6.45, 7) is 3.25. The van der Waals surface area contributed by atoms with Crippen molar-refractivity contribution in [1.29, 1.82) is 0 Å². The fraction of sp³-hybridized carbons (Fsp3) is 0.700. The van der Waals surface area contributed by atoms with Gasteiger partial charge in [0.1, 0.15) is 0 Å². The molecule has 0 aliphatic carbocycles. The Balaban J connectivity index is 1.95. The van der Waals surface area contributed by atoms with Gasteiger partial charge in [0, 0.05) is 18.5 Å². The molecule has 14 heavy (non-hydrogen) atoms. The highest BCUT2D eigenvalue weighted by atomic mass is 32.1. The van der Waals surface area contributed by atoms with Gasteiger partial charge in [0.25, 0.3) is 0 Å². The lowest BCUT2D eigenvalue weighted by molar-refractivity contribution is 0.183. The predicted molar refractivity (Wildman–Crippen MR) is 57.4 cm³/mol. The van der Waals surface area contributed by atoms with Gasteiger partial charge in [0.15, 0.2) is 0 Å². The SMILES string of the molecule is Cc1nc(C2CCC(CO)CN2)cs1. The van der Waals surface area contributed by atoms with Crippen LogP contribution in [-0.2, 0) is 0 Å². The second-order valence-electron chi connectivity index (χ2n) is 3.88. The Hall–Kier alpha value is -0.450. The fourth-order valence-electron chi connectivity index (χ4n) is 1.86. The molecule has 2 unspecified atom stereocenters. The Morgan fingerprint density at radius 1 is 1.64 bits per heavy atom. The van der Waals surface area contributed by atoms with Gasteiger partial charge in [-0.2, -0.15) is 0 Å². The van der Waals surface area contributed by atoms with Gasteiger partial charge in [-0.15, -0.1) is 11.3 Å². The number of aryl methyl sites for hydroxylation is 1. The van der Waals surface area contributed by atoms with E-state index in [1.54, 1.807) is 11.3 Å². The molecular formula is C10H16N2OS. The molecule has 0 aromatic carbocycles. The lowest BCUT2D eigenvalue weighted by Gasteiger charge is -2.27. The topological polar surface area (TPSA) is 45.2 Å². The van der Waals surface area contributed by atoms with E-state index in [2.05, 4.69) is 15.7 Å². The van der Waals surface area contributed by atoms with E-state index in [0.717, 1.165) is 24.4 Å². The number of thiazole rings is 1. The zero-order valence-corrected chi connectivity index (χ0v) is 9.18. The van der Waals surface area contributed by atoms with E-state index in [-0.39, 0.29) is 0 Å². The van der Waals surface area contributed by atoms with Gasteiger partial charge in [-0.1, -0.05) is 0 Å². The van der Waals surface area contributed by atoms with E-state index in [1.807, 2.05) is 6.92 Å². The van der Waals surface area contributed by atoms with Crippen LogP contribution in [0.25, 0.3) is 0 Å². The van der Waals surface area contributed by atoms with Gasteiger partial charge in [0.2, 0.25) is 0 Å². The maximum Gasteiger partial charge on any atom is 0.0898 e. The Labute approximate surface area is 88.2 Å². The van der Waals surface area contributed by atoms with Crippen molar-refractivity contribution in [3.8, 4) is 0 Å². The molecule has 1 aliphatic heterocycles. The zero-order valence-electron chi connectivity index (χ0n) is 8.36. The largest absolute Gasteiger partial charge is 0.396 e. The van der Waals surface area contributed by atoms with E-state index >= 15 is 0 Å². The summed E-state index contributed by atoms with van der Waals surface area (Å²) in [6.07, 6.45) is 2.19. The summed E-state index contributed by atoms with van der Waals surface area (Å²) in [5, 5.41) is 15.7. The van der Waals surface area contributed by atoms with E-state index in [9.17, 15) is 0 Å². The third kappa shape index (κ3) is 2.13. The molecule has 1 aliphatic rings. The van der Waals surface area contributed by atoms with Crippen LogP contribution >= 0.6 is 11.3 Å². The van der Waals surface area contributed by atoms with Crippen LogP contribution < -0.4 is 5.32 Å². The minimum Gasteiger partial charge on any atom is -0.396 e. The van der Waals surface area contributed by atoms with Gasteiger partial charge < -0.3 is 10.4 Å². The molecule has 2 heterocycles. The van der Waals surface area contributed by atoms with E-state index in [1.165, 1.54) is 5.69 Å². The molecule has 3 nitrogen and oxygen atoms in total. The van der Waals surface area contributed by atoms with E-state index < -0.39 is 0 Å². The minimum absolute atomic E-state index is 0.301. The van der Waals surface area contributed by atoms with Crippen LogP contribution in [0.4, 0.5) is 0 Å². The molecule has 78 valence electrons. The molecule has 2 rings (SSSR count). The van der Waals surface area contributed by atoms with Crippen molar-refractivity contribution >= 4 is 11.3 Å². The number of hydrogen-bond donors (Lipinski definition) is 2. The van der Waals surface area contributed by atoms with Gasteiger partial charge in [-0.3, -0.25) is 0 Å². The first-order valence-corrected chi connectivity index (χ1v) is 5.94. The lowest BCUT2D eigenvalue weighted by atomic mass is 9.94. The summed E-state index contributed by atoms with van der Waals surface area (Å²) in [7, 11) is 0. The predicted octanol–water partition coefficient (Wildman–Crippen LogP) is 1.48. The van der Waals surface area contributed by atoms with E-state index in [0.29, 0.717) is 18.6 Å². The Kier molecular flexibility index (Phi) is 3.15. The number of rotatable bonds is 2. The molecule has 1 saturated heterocycles. The highest BCUT2D eigenvalue weighted by Crippen LogP contribution is 2.26. The number of nitrogens with zero attached hydrogens (tertiary/aromatic N) is 1. The van der Waals surface area contributed by atoms with Crippen molar-refractivity contribution in [1.82, 2.24) is 10.3 Å². The summed E-state index contributed by atoms with van der Waals surface area (Å²) in [4.78, 5) is 4.48. The van der Waals surface area contributed by atoms with Crippen molar-refractivity contribution < 1.29 is 5.11 Å². The molecule has 2 N–H and O–H groups in total. The Bertz CT molecular complexity index is 292. The van der Waals surface area contributed by atoms with Crippen LogP contribution in [0.3, 0.4) is 0 Å². The number of aliphatic hydroxyl groups excluding tert-OH is 1. The molecule has 0 amide bonds. The molecular weight excluding hydrogens is 196 g/mol. The molecule has 1 aromatic heterocycles. The molecule has 2 atom stereocenters. The molecule has 1 fully saturated rings. The Morgan fingerprint density at radius 3 is 3.00 bits per heavy atom. The Morgan fingerprint density at radius 2 is 2.50 bits per heavy atom. The van der Waals surface area contributed by atoms with Gasteiger partial charge in [0.05, 0.1) is 16.7 Å². The molecule has 0 spiro atoms. The van der Waals surface area contributed by atoms with Crippen molar-refractivity contribution in [3.63, 3.8) is 0 Å². The maximum absolute atomic E-state index is 9.00. The van der Waals surface area contributed by atoms with Crippen molar-refractivity contribution in [2.24, 2.45) is 5.92 Å². The van der Waals surface area contributed by atoms with Crippen molar-refractivity contribution in [3.05, 3.63) is 16.1 Å². The average molecular weight is 212 g/mol. The lowest BCUT2D eigenvalue weighted by Crippen LogP contribution is -2.34. The highest BCUT2D eigenvalue weighted by molar-refractivity contribution is 7.09. The second kappa shape index (κ2) is 4.38. The second-order valence-corrected chi connectivity index (χ2v) is 4.94. The number of hydrogen-bond acceptors (Lipinski definition) is 4. The summed E-state index contributed by atoms with van der Waals surface area (Å²) in [6, 6.07) is 0.405. The normalized spacial score (nSPS) is 27.9. The smallest absolute Gasteiger partial charge is 0.0898 e. The molecule has 0 radical (unpaired) electrons. The van der Waals surface area contributed by atoms with Crippen LogP contribution in [-0.4, -0.2) is 23.2 Å². The maximum atomic E-state index is 9.00. The molecule has 0 bridgehead atoms. The minimum atomic E-state index is 0.301. The number of piperidine rings is 1. The van der Waals surface area contributed by atoms with Crippen LogP contribution in [0.1, 0.15) is 29.6 Å². The van der Waals surface area contributed by atoms with Crippen LogP contribution in [0.2, 0.25) is 0 Å².